The van der Waals surface area contributed by atoms with Crippen molar-refractivity contribution in [3.63, 3.8) is 0 Å². The molecule has 138 valence electrons. The van der Waals surface area contributed by atoms with E-state index in [1.807, 2.05) is 63.2 Å². The van der Waals surface area contributed by atoms with Crippen LogP contribution in [0.3, 0.4) is 0 Å². The van der Waals surface area contributed by atoms with Crippen molar-refractivity contribution >= 4 is 27.3 Å². The van der Waals surface area contributed by atoms with E-state index in [1.54, 1.807) is 4.90 Å². The quantitative estimate of drug-likeness (QED) is 0.829. The molecule has 0 fully saturated rings. The minimum absolute atomic E-state index is 0.0132. The zero-order valence-corrected chi connectivity index (χ0v) is 16.4. The molecule has 5 nitrogen and oxygen atoms in total. The Morgan fingerprint density at radius 3 is 2.35 bits per heavy atom. The normalized spacial score (nSPS) is 16.5. The maximum atomic E-state index is 13.1. The molecule has 0 unspecified atom stereocenters. The van der Waals surface area contributed by atoms with Crippen molar-refractivity contribution in [2.45, 2.75) is 33.2 Å². The van der Waals surface area contributed by atoms with Crippen LogP contribution in [0.1, 0.15) is 23.6 Å². The number of para-hydroxylation sites is 2. The molecule has 26 heavy (non-hydrogen) atoms. The number of carbonyl (C=O) groups excluding carboxylic acids is 1. The standard InChI is InChI=1S/C20H24N2O3S/c1-14-8-7-9-15(2)20(14)21(26(4,24)25)13-19(23)22-16(3)12-17-10-5-6-11-18(17)22/h5-11,16H,12-13H2,1-4H3/t16-/m1/s1. The van der Waals surface area contributed by atoms with Crippen LogP contribution in [0.15, 0.2) is 42.5 Å². The number of nitrogens with zero attached hydrogens (tertiary/aromatic N) is 2. The molecule has 0 radical (unpaired) electrons. The molecular formula is C20H24N2O3S. The van der Waals surface area contributed by atoms with Crippen molar-refractivity contribution in [3.05, 3.63) is 59.2 Å². The van der Waals surface area contributed by atoms with Gasteiger partial charge in [0.15, 0.2) is 0 Å². The molecule has 0 aromatic heterocycles. The van der Waals surface area contributed by atoms with Gasteiger partial charge in [-0.3, -0.25) is 9.10 Å². The van der Waals surface area contributed by atoms with Crippen LogP contribution in [-0.4, -0.2) is 33.2 Å². The van der Waals surface area contributed by atoms with E-state index in [4.69, 9.17) is 0 Å². The number of fused-ring (bicyclic) bond motifs is 1. The molecule has 0 aliphatic carbocycles. The summed E-state index contributed by atoms with van der Waals surface area (Å²) < 4.78 is 26.2. The third kappa shape index (κ3) is 3.33. The number of rotatable bonds is 4. The maximum absolute atomic E-state index is 13.1. The van der Waals surface area contributed by atoms with Gasteiger partial charge in [0.2, 0.25) is 15.9 Å². The highest BCUT2D eigenvalue weighted by atomic mass is 32.2. The van der Waals surface area contributed by atoms with Gasteiger partial charge in [-0.1, -0.05) is 36.4 Å². The van der Waals surface area contributed by atoms with Gasteiger partial charge in [0.25, 0.3) is 0 Å². The highest BCUT2D eigenvalue weighted by molar-refractivity contribution is 7.92. The predicted molar refractivity (Wildman–Crippen MR) is 105 cm³/mol. The Morgan fingerprint density at radius 2 is 1.73 bits per heavy atom. The van der Waals surface area contributed by atoms with Gasteiger partial charge in [-0.2, -0.15) is 0 Å². The van der Waals surface area contributed by atoms with Crippen molar-refractivity contribution in [2.24, 2.45) is 0 Å². The summed E-state index contributed by atoms with van der Waals surface area (Å²) in [7, 11) is -3.60. The Kier molecular flexibility index (Phi) is 4.80. The molecule has 0 saturated heterocycles. The van der Waals surface area contributed by atoms with Crippen LogP contribution in [0.4, 0.5) is 11.4 Å². The first-order chi connectivity index (χ1) is 12.2. The molecule has 0 spiro atoms. The third-order valence-electron chi connectivity index (χ3n) is 4.84. The number of hydrogen-bond donors (Lipinski definition) is 0. The van der Waals surface area contributed by atoms with Crippen LogP contribution in [0, 0.1) is 13.8 Å². The molecule has 3 rings (SSSR count). The van der Waals surface area contributed by atoms with E-state index < -0.39 is 10.0 Å². The molecule has 2 aromatic carbocycles. The predicted octanol–water partition coefficient (Wildman–Crippen LogP) is 3.05. The highest BCUT2D eigenvalue weighted by Gasteiger charge is 2.33. The van der Waals surface area contributed by atoms with E-state index in [0.717, 1.165) is 35.1 Å². The molecule has 1 atom stereocenters. The van der Waals surface area contributed by atoms with Gasteiger partial charge < -0.3 is 4.90 Å². The molecule has 1 aliphatic heterocycles. The first kappa shape index (κ1) is 18.5. The minimum Gasteiger partial charge on any atom is -0.307 e. The highest BCUT2D eigenvalue weighted by Crippen LogP contribution is 2.33. The Labute approximate surface area is 155 Å². The summed E-state index contributed by atoms with van der Waals surface area (Å²) in [5.41, 5.74) is 4.24. The SMILES string of the molecule is Cc1cccc(C)c1N(CC(=O)N1c2ccccc2C[C@H]1C)S(C)(=O)=O. The van der Waals surface area contributed by atoms with Gasteiger partial charge in [0.05, 0.1) is 11.9 Å². The topological polar surface area (TPSA) is 57.7 Å². The average Bonchev–Trinajstić information content (AvgIpc) is 2.88. The first-order valence-corrected chi connectivity index (χ1v) is 10.5. The minimum atomic E-state index is -3.60. The number of sulfonamides is 1. The summed E-state index contributed by atoms with van der Waals surface area (Å²) in [6, 6.07) is 13.4. The van der Waals surface area contributed by atoms with Crippen molar-refractivity contribution in [2.75, 3.05) is 22.0 Å². The lowest BCUT2D eigenvalue weighted by Gasteiger charge is -2.29. The Bertz CT molecular complexity index is 933. The summed E-state index contributed by atoms with van der Waals surface area (Å²) >= 11 is 0. The van der Waals surface area contributed by atoms with Crippen LogP contribution in [0.2, 0.25) is 0 Å². The number of amides is 1. The fourth-order valence-electron chi connectivity index (χ4n) is 3.71. The van der Waals surface area contributed by atoms with E-state index in [-0.39, 0.29) is 18.5 Å². The Balaban J connectivity index is 1.98. The molecule has 2 aromatic rings. The Morgan fingerprint density at radius 1 is 1.12 bits per heavy atom. The third-order valence-corrected chi connectivity index (χ3v) is 5.96. The second-order valence-corrected chi connectivity index (χ2v) is 8.86. The fraction of sp³-hybridized carbons (Fsp3) is 0.350. The number of carbonyl (C=O) groups is 1. The number of benzene rings is 2. The van der Waals surface area contributed by atoms with E-state index in [1.165, 1.54) is 4.31 Å². The molecule has 1 heterocycles. The van der Waals surface area contributed by atoms with E-state index in [9.17, 15) is 13.2 Å². The van der Waals surface area contributed by atoms with Gasteiger partial charge in [0, 0.05) is 11.7 Å². The molecule has 0 saturated carbocycles. The summed E-state index contributed by atoms with van der Waals surface area (Å²) in [6.45, 7) is 5.50. The number of aryl methyl sites for hydroxylation is 2. The van der Waals surface area contributed by atoms with Crippen LogP contribution in [0.5, 0.6) is 0 Å². The average molecular weight is 372 g/mol. The summed E-state index contributed by atoms with van der Waals surface area (Å²) in [6.07, 6.45) is 1.93. The second kappa shape index (κ2) is 6.76. The Hall–Kier alpha value is -2.34. The van der Waals surface area contributed by atoms with Crippen molar-refractivity contribution in [1.29, 1.82) is 0 Å². The van der Waals surface area contributed by atoms with Crippen molar-refractivity contribution < 1.29 is 13.2 Å². The van der Waals surface area contributed by atoms with Gasteiger partial charge in [-0.05, 0) is 49.9 Å². The summed E-state index contributed by atoms with van der Waals surface area (Å²) in [5.74, 6) is -0.212. The van der Waals surface area contributed by atoms with Gasteiger partial charge in [0.1, 0.15) is 6.54 Å². The fourth-order valence-corrected chi connectivity index (χ4v) is 4.67. The van der Waals surface area contributed by atoms with E-state index in [0.29, 0.717) is 5.69 Å². The van der Waals surface area contributed by atoms with Crippen LogP contribution in [0.25, 0.3) is 0 Å². The molecule has 6 heteroatoms. The molecule has 1 amide bonds. The number of anilines is 2. The molecule has 0 bridgehead atoms. The van der Waals surface area contributed by atoms with Crippen LogP contribution >= 0.6 is 0 Å². The zero-order chi connectivity index (χ0) is 19.1. The summed E-state index contributed by atoms with van der Waals surface area (Å²) in [4.78, 5) is 14.8. The van der Waals surface area contributed by atoms with E-state index in [2.05, 4.69) is 0 Å². The maximum Gasteiger partial charge on any atom is 0.248 e. The van der Waals surface area contributed by atoms with Crippen LogP contribution in [-0.2, 0) is 21.2 Å². The number of hydrogen-bond acceptors (Lipinski definition) is 3. The van der Waals surface area contributed by atoms with Gasteiger partial charge >= 0.3 is 0 Å². The van der Waals surface area contributed by atoms with Crippen LogP contribution < -0.4 is 9.21 Å². The largest absolute Gasteiger partial charge is 0.307 e. The molecule has 1 aliphatic rings. The van der Waals surface area contributed by atoms with Crippen molar-refractivity contribution in [1.82, 2.24) is 0 Å². The van der Waals surface area contributed by atoms with Gasteiger partial charge in [-0.15, -0.1) is 0 Å². The molecule has 0 N–H and O–H groups in total. The lowest BCUT2D eigenvalue weighted by atomic mass is 10.1. The monoisotopic (exact) mass is 372 g/mol. The summed E-state index contributed by atoms with van der Waals surface area (Å²) in [5, 5.41) is 0. The second-order valence-electron chi connectivity index (χ2n) is 6.96. The lowest BCUT2D eigenvalue weighted by Crippen LogP contribution is -2.45. The van der Waals surface area contributed by atoms with Gasteiger partial charge in [-0.25, -0.2) is 8.42 Å². The molecular weight excluding hydrogens is 348 g/mol. The lowest BCUT2D eigenvalue weighted by molar-refractivity contribution is -0.117. The van der Waals surface area contributed by atoms with E-state index >= 15 is 0 Å². The first-order valence-electron chi connectivity index (χ1n) is 8.64. The zero-order valence-electron chi connectivity index (χ0n) is 15.6. The smallest absolute Gasteiger partial charge is 0.248 e. The van der Waals surface area contributed by atoms with Crippen molar-refractivity contribution in [3.8, 4) is 0 Å².